The van der Waals surface area contributed by atoms with Gasteiger partial charge in [0.15, 0.2) is 0 Å². The largest absolute Gasteiger partial charge is 0.508 e. The first-order valence-corrected chi connectivity index (χ1v) is 4.58. The van der Waals surface area contributed by atoms with Crippen LogP contribution in [0.1, 0.15) is 5.56 Å². The lowest BCUT2D eigenvalue weighted by molar-refractivity contribution is 0.188. The lowest BCUT2D eigenvalue weighted by Gasteiger charge is -2.06. The smallest absolute Gasteiger partial charge is 0.419 e. The molecule has 14 heavy (non-hydrogen) atoms. The number of hydrogen-bond acceptors (Lipinski definition) is 3. The van der Waals surface area contributed by atoms with Gasteiger partial charge in [-0.25, -0.2) is 10.2 Å². The van der Waals surface area contributed by atoms with E-state index in [1.807, 2.05) is 5.43 Å². The van der Waals surface area contributed by atoms with Gasteiger partial charge in [0.2, 0.25) is 0 Å². The summed E-state index contributed by atoms with van der Waals surface area (Å²) in [6.07, 6.45) is -1.17. The monoisotopic (exact) mass is 260 g/mol. The Balaban J connectivity index is 2.57. The lowest BCUT2D eigenvalue weighted by atomic mass is 10.2. The Morgan fingerprint density at radius 1 is 1.50 bits per heavy atom. The maximum atomic E-state index is 10.1. The molecule has 0 atom stereocenters. The molecule has 0 unspecified atom stereocenters. The molecule has 76 valence electrons. The molecule has 0 aliphatic rings. The fourth-order valence-corrected chi connectivity index (χ4v) is 1.32. The van der Waals surface area contributed by atoms with Crippen LogP contribution in [0.3, 0.4) is 0 Å². The normalized spacial score (nSPS) is 9.79. The van der Waals surface area contributed by atoms with E-state index in [0.717, 1.165) is 4.47 Å². The molecule has 4 N–H and O–H groups in total. The SMILES string of the molecule is O=C(O)NNCc1cc(Br)ccc1O. The molecule has 0 radical (unpaired) electrons. The van der Waals surface area contributed by atoms with Crippen molar-refractivity contribution in [2.75, 3.05) is 0 Å². The highest BCUT2D eigenvalue weighted by Crippen LogP contribution is 2.21. The minimum atomic E-state index is -1.17. The fraction of sp³-hybridized carbons (Fsp3) is 0.125. The Labute approximate surface area is 88.8 Å². The average molecular weight is 261 g/mol. The van der Waals surface area contributed by atoms with Crippen LogP contribution in [0.25, 0.3) is 0 Å². The van der Waals surface area contributed by atoms with Gasteiger partial charge in [0, 0.05) is 16.6 Å². The van der Waals surface area contributed by atoms with Crippen LogP contribution in [-0.2, 0) is 6.54 Å². The van der Waals surface area contributed by atoms with Gasteiger partial charge < -0.3 is 10.2 Å². The molecule has 6 heteroatoms. The molecule has 1 rings (SSSR count). The summed E-state index contributed by atoms with van der Waals surface area (Å²) in [4.78, 5) is 10.1. The van der Waals surface area contributed by atoms with Gasteiger partial charge in [0.25, 0.3) is 0 Å². The van der Waals surface area contributed by atoms with E-state index >= 15 is 0 Å². The number of phenolic OH excluding ortho intramolecular Hbond substituents is 1. The third-order valence-electron chi connectivity index (χ3n) is 1.52. The van der Waals surface area contributed by atoms with Crippen molar-refractivity contribution >= 4 is 22.0 Å². The summed E-state index contributed by atoms with van der Waals surface area (Å²) >= 11 is 3.24. The van der Waals surface area contributed by atoms with Crippen LogP contribution in [0, 0.1) is 0 Å². The molecule has 0 heterocycles. The quantitative estimate of drug-likeness (QED) is 0.620. The molecule has 0 bridgehead atoms. The number of amides is 1. The summed E-state index contributed by atoms with van der Waals surface area (Å²) in [7, 11) is 0. The number of hydrogen-bond donors (Lipinski definition) is 4. The summed E-state index contributed by atoms with van der Waals surface area (Å²) in [5.74, 6) is 0.118. The van der Waals surface area contributed by atoms with Crippen LogP contribution in [0.5, 0.6) is 5.75 Å². The van der Waals surface area contributed by atoms with Gasteiger partial charge in [0.05, 0.1) is 0 Å². The zero-order chi connectivity index (χ0) is 10.6. The topological polar surface area (TPSA) is 81.6 Å². The lowest BCUT2D eigenvalue weighted by Crippen LogP contribution is -2.35. The van der Waals surface area contributed by atoms with Gasteiger partial charge in [-0.2, -0.15) is 0 Å². The fourth-order valence-electron chi connectivity index (χ4n) is 0.911. The van der Waals surface area contributed by atoms with E-state index in [2.05, 4.69) is 21.4 Å². The number of hydrazine groups is 1. The zero-order valence-corrected chi connectivity index (χ0v) is 8.71. The van der Waals surface area contributed by atoms with E-state index in [1.165, 1.54) is 6.07 Å². The van der Waals surface area contributed by atoms with Gasteiger partial charge in [0.1, 0.15) is 5.75 Å². The predicted octanol–water partition coefficient (Wildman–Crippen LogP) is 1.43. The third kappa shape index (κ3) is 3.23. The van der Waals surface area contributed by atoms with Crippen molar-refractivity contribution in [3.05, 3.63) is 28.2 Å². The molecule has 0 saturated heterocycles. The van der Waals surface area contributed by atoms with Crippen LogP contribution < -0.4 is 10.9 Å². The number of benzene rings is 1. The van der Waals surface area contributed by atoms with Gasteiger partial charge in [-0.3, -0.25) is 5.43 Å². The first-order valence-electron chi connectivity index (χ1n) is 3.79. The Morgan fingerprint density at radius 2 is 2.21 bits per heavy atom. The van der Waals surface area contributed by atoms with Crippen molar-refractivity contribution in [2.45, 2.75) is 6.54 Å². The summed E-state index contributed by atoms with van der Waals surface area (Å²) < 4.78 is 0.822. The van der Waals surface area contributed by atoms with Crippen LogP contribution in [-0.4, -0.2) is 16.3 Å². The zero-order valence-electron chi connectivity index (χ0n) is 7.12. The Bertz CT molecular complexity index is 343. The van der Waals surface area contributed by atoms with Gasteiger partial charge in [-0.15, -0.1) is 0 Å². The van der Waals surface area contributed by atoms with Crippen molar-refractivity contribution in [3.8, 4) is 5.75 Å². The Morgan fingerprint density at radius 3 is 2.86 bits per heavy atom. The van der Waals surface area contributed by atoms with Crippen molar-refractivity contribution in [3.63, 3.8) is 0 Å². The molecule has 0 saturated carbocycles. The predicted molar refractivity (Wildman–Crippen MR) is 53.8 cm³/mol. The van der Waals surface area contributed by atoms with Gasteiger partial charge >= 0.3 is 6.09 Å². The van der Waals surface area contributed by atoms with E-state index in [9.17, 15) is 9.90 Å². The summed E-state index contributed by atoms with van der Waals surface area (Å²) in [6, 6.07) is 4.93. The number of aromatic hydroxyl groups is 1. The molecule has 0 fully saturated rings. The molecule has 1 aromatic carbocycles. The molecule has 0 aliphatic heterocycles. The molecule has 1 aromatic rings. The molecule has 1 amide bonds. The highest BCUT2D eigenvalue weighted by atomic mass is 79.9. The number of phenols is 1. The van der Waals surface area contributed by atoms with Crippen LogP contribution in [0.15, 0.2) is 22.7 Å². The molecular weight excluding hydrogens is 252 g/mol. The molecule has 0 aromatic heterocycles. The van der Waals surface area contributed by atoms with E-state index in [0.29, 0.717) is 5.56 Å². The number of nitrogens with one attached hydrogen (secondary N) is 2. The van der Waals surface area contributed by atoms with Crippen molar-refractivity contribution in [2.24, 2.45) is 0 Å². The van der Waals surface area contributed by atoms with E-state index < -0.39 is 6.09 Å². The second-order valence-electron chi connectivity index (χ2n) is 2.56. The highest BCUT2D eigenvalue weighted by molar-refractivity contribution is 9.10. The highest BCUT2D eigenvalue weighted by Gasteiger charge is 2.01. The first kappa shape index (κ1) is 10.8. The van der Waals surface area contributed by atoms with Crippen molar-refractivity contribution in [1.29, 1.82) is 0 Å². The maximum Gasteiger partial charge on any atom is 0.419 e. The minimum absolute atomic E-state index is 0.118. The summed E-state index contributed by atoms with van der Waals surface area (Å²) in [6.45, 7) is 0.220. The van der Waals surface area contributed by atoms with Crippen molar-refractivity contribution < 1.29 is 15.0 Å². The van der Waals surface area contributed by atoms with E-state index in [-0.39, 0.29) is 12.3 Å². The third-order valence-corrected chi connectivity index (χ3v) is 2.01. The number of carbonyl (C=O) groups is 1. The number of rotatable bonds is 3. The van der Waals surface area contributed by atoms with Crippen LogP contribution >= 0.6 is 15.9 Å². The second-order valence-corrected chi connectivity index (χ2v) is 3.47. The molecule has 0 spiro atoms. The number of halogens is 1. The first-order chi connectivity index (χ1) is 6.59. The van der Waals surface area contributed by atoms with Gasteiger partial charge in [-0.05, 0) is 18.2 Å². The van der Waals surface area contributed by atoms with Gasteiger partial charge in [-0.1, -0.05) is 15.9 Å². The van der Waals surface area contributed by atoms with Crippen LogP contribution in [0.4, 0.5) is 4.79 Å². The Kier molecular flexibility index (Phi) is 3.73. The van der Waals surface area contributed by atoms with Crippen molar-refractivity contribution in [1.82, 2.24) is 10.9 Å². The average Bonchev–Trinajstić information content (AvgIpc) is 2.10. The summed E-state index contributed by atoms with van der Waals surface area (Å²) in [5, 5.41) is 17.6. The minimum Gasteiger partial charge on any atom is -0.508 e. The maximum absolute atomic E-state index is 10.1. The molecule has 5 nitrogen and oxygen atoms in total. The second kappa shape index (κ2) is 4.83. The number of carboxylic acid groups (broad SMARTS) is 1. The van der Waals surface area contributed by atoms with E-state index in [1.54, 1.807) is 12.1 Å². The standard InChI is InChI=1S/C8H9BrN2O3/c9-6-1-2-7(12)5(3-6)4-10-11-8(13)14/h1-3,10-12H,4H2,(H,13,14). The van der Waals surface area contributed by atoms with Crippen LogP contribution in [0.2, 0.25) is 0 Å². The Hall–Kier alpha value is -1.27. The molecular formula is C8H9BrN2O3. The van der Waals surface area contributed by atoms with E-state index in [4.69, 9.17) is 5.11 Å². The summed E-state index contributed by atoms with van der Waals surface area (Å²) in [5.41, 5.74) is 5.02. The molecule has 0 aliphatic carbocycles.